The molecule has 0 spiro atoms. The summed E-state index contributed by atoms with van der Waals surface area (Å²) in [6.45, 7) is 8.28. The predicted molar refractivity (Wildman–Crippen MR) is 57.8 cm³/mol. The number of carboxylic acids is 1. The molecule has 0 aliphatic carbocycles. The van der Waals surface area contributed by atoms with Crippen molar-refractivity contribution in [1.82, 2.24) is 10.2 Å². The molecule has 4 heteroatoms. The first-order valence-electron chi connectivity index (χ1n) is 5.71. The number of likely N-dealkylation sites (tertiary alicyclic amines) is 1. The minimum atomic E-state index is -0.677. The molecule has 2 fully saturated rings. The molecule has 2 rings (SSSR count). The lowest BCUT2D eigenvalue weighted by Gasteiger charge is -2.48. The summed E-state index contributed by atoms with van der Waals surface area (Å²) in [5.74, 6) is 0.705. The maximum Gasteiger partial charge on any atom is 0.305 e. The zero-order valence-electron chi connectivity index (χ0n) is 9.49. The van der Waals surface area contributed by atoms with E-state index in [1.54, 1.807) is 0 Å². The molecule has 86 valence electrons. The van der Waals surface area contributed by atoms with E-state index in [1.165, 1.54) is 0 Å². The zero-order valence-corrected chi connectivity index (χ0v) is 9.49. The van der Waals surface area contributed by atoms with Crippen molar-refractivity contribution in [2.75, 3.05) is 26.2 Å². The summed E-state index contributed by atoms with van der Waals surface area (Å²) in [6.07, 6.45) is 0.277. The van der Waals surface area contributed by atoms with Gasteiger partial charge in [0.05, 0.1) is 12.0 Å². The molecule has 2 unspecified atom stereocenters. The van der Waals surface area contributed by atoms with Gasteiger partial charge >= 0.3 is 5.97 Å². The van der Waals surface area contributed by atoms with Crippen molar-refractivity contribution in [1.29, 1.82) is 0 Å². The van der Waals surface area contributed by atoms with Crippen LogP contribution in [0.3, 0.4) is 0 Å². The fourth-order valence-electron chi connectivity index (χ4n) is 2.67. The van der Waals surface area contributed by atoms with Crippen molar-refractivity contribution in [2.45, 2.75) is 25.8 Å². The van der Waals surface area contributed by atoms with Crippen molar-refractivity contribution in [2.24, 2.45) is 11.8 Å². The normalized spacial score (nSPS) is 35.1. The highest BCUT2D eigenvalue weighted by Crippen LogP contribution is 2.33. The quantitative estimate of drug-likeness (QED) is 0.710. The van der Waals surface area contributed by atoms with Crippen LogP contribution in [0, 0.1) is 11.8 Å². The second-order valence-corrected chi connectivity index (χ2v) is 5.26. The van der Waals surface area contributed by atoms with Crippen LogP contribution >= 0.6 is 0 Å². The topological polar surface area (TPSA) is 52.6 Å². The van der Waals surface area contributed by atoms with Crippen molar-refractivity contribution in [3.8, 4) is 0 Å². The minimum absolute atomic E-state index is 0.0924. The number of nitrogens with one attached hydrogen (secondary N) is 1. The van der Waals surface area contributed by atoms with E-state index in [0.717, 1.165) is 26.2 Å². The molecule has 2 aliphatic rings. The fourth-order valence-corrected chi connectivity index (χ4v) is 2.67. The second kappa shape index (κ2) is 3.76. The first-order valence-corrected chi connectivity index (χ1v) is 5.71. The summed E-state index contributed by atoms with van der Waals surface area (Å²) < 4.78 is 0. The van der Waals surface area contributed by atoms with Crippen molar-refractivity contribution >= 4 is 5.97 Å². The smallest absolute Gasteiger partial charge is 0.305 e. The molecule has 2 heterocycles. The third-order valence-electron chi connectivity index (χ3n) is 4.05. The summed E-state index contributed by atoms with van der Waals surface area (Å²) in [5.41, 5.74) is -0.0924. The standard InChI is InChI=1S/C11H20N2O2/c1-8-4-13(5-9(8)2)11(3-10(14)15)6-12-7-11/h8-9,12H,3-7H2,1-2H3,(H,14,15). The van der Waals surface area contributed by atoms with E-state index in [-0.39, 0.29) is 12.0 Å². The molecule has 0 aromatic heterocycles. The summed E-state index contributed by atoms with van der Waals surface area (Å²) in [4.78, 5) is 13.3. The molecular weight excluding hydrogens is 192 g/mol. The molecule has 2 N–H and O–H groups in total. The summed E-state index contributed by atoms with van der Waals surface area (Å²) in [7, 11) is 0. The van der Waals surface area contributed by atoms with Crippen LogP contribution in [0.25, 0.3) is 0 Å². The van der Waals surface area contributed by atoms with Gasteiger partial charge in [0.1, 0.15) is 0 Å². The Morgan fingerprint density at radius 2 is 1.93 bits per heavy atom. The van der Waals surface area contributed by atoms with Crippen LogP contribution < -0.4 is 5.32 Å². The van der Waals surface area contributed by atoms with Gasteiger partial charge in [-0.15, -0.1) is 0 Å². The maximum absolute atomic E-state index is 10.9. The van der Waals surface area contributed by atoms with Gasteiger partial charge in [-0.2, -0.15) is 0 Å². The average Bonchev–Trinajstić information content (AvgIpc) is 2.40. The van der Waals surface area contributed by atoms with Crippen LogP contribution in [0.5, 0.6) is 0 Å². The zero-order chi connectivity index (χ0) is 11.1. The lowest BCUT2D eigenvalue weighted by atomic mass is 9.86. The van der Waals surface area contributed by atoms with Crippen molar-refractivity contribution in [3.63, 3.8) is 0 Å². The van der Waals surface area contributed by atoms with Crippen LogP contribution in [0.4, 0.5) is 0 Å². The van der Waals surface area contributed by atoms with Gasteiger partial charge in [0.2, 0.25) is 0 Å². The number of rotatable bonds is 3. The second-order valence-electron chi connectivity index (χ2n) is 5.26. The lowest BCUT2D eigenvalue weighted by molar-refractivity contribution is -0.141. The van der Waals surface area contributed by atoms with E-state index < -0.39 is 5.97 Å². The van der Waals surface area contributed by atoms with Gasteiger partial charge in [-0.1, -0.05) is 13.8 Å². The molecule has 0 bridgehead atoms. The van der Waals surface area contributed by atoms with Gasteiger partial charge in [-0.25, -0.2) is 0 Å². The van der Waals surface area contributed by atoms with Crippen LogP contribution in [-0.2, 0) is 4.79 Å². The first-order chi connectivity index (χ1) is 7.03. The van der Waals surface area contributed by atoms with Crippen molar-refractivity contribution in [3.05, 3.63) is 0 Å². The summed E-state index contributed by atoms with van der Waals surface area (Å²) >= 11 is 0. The van der Waals surface area contributed by atoms with Crippen LogP contribution in [-0.4, -0.2) is 47.7 Å². The summed E-state index contributed by atoms with van der Waals surface area (Å²) in [6, 6.07) is 0. The van der Waals surface area contributed by atoms with Gasteiger partial charge in [0.25, 0.3) is 0 Å². The monoisotopic (exact) mass is 212 g/mol. The molecule has 2 saturated heterocycles. The summed E-state index contributed by atoms with van der Waals surface area (Å²) in [5, 5.41) is 12.2. The molecule has 0 radical (unpaired) electrons. The van der Waals surface area contributed by atoms with E-state index in [4.69, 9.17) is 5.11 Å². The molecular formula is C11H20N2O2. The highest BCUT2D eigenvalue weighted by molar-refractivity contribution is 5.68. The van der Waals surface area contributed by atoms with E-state index in [1.807, 2.05) is 0 Å². The third-order valence-corrected chi connectivity index (χ3v) is 4.05. The number of hydrogen-bond donors (Lipinski definition) is 2. The van der Waals surface area contributed by atoms with E-state index >= 15 is 0 Å². The van der Waals surface area contributed by atoms with Gasteiger partial charge in [0, 0.05) is 26.2 Å². The Morgan fingerprint density at radius 3 is 2.27 bits per heavy atom. The number of nitrogens with zero attached hydrogens (tertiary/aromatic N) is 1. The SMILES string of the molecule is CC1CN(C2(CC(=O)O)CNC2)CC1C. The Hall–Kier alpha value is -0.610. The predicted octanol–water partition coefficient (Wildman–Crippen LogP) is 0.391. The number of aliphatic carboxylic acids is 1. The molecule has 2 atom stereocenters. The molecule has 0 saturated carbocycles. The lowest BCUT2D eigenvalue weighted by Crippen LogP contribution is -2.69. The Balaban J connectivity index is 2.04. The first kappa shape index (κ1) is 10.9. The van der Waals surface area contributed by atoms with Crippen LogP contribution in [0.15, 0.2) is 0 Å². The number of carbonyl (C=O) groups is 1. The van der Waals surface area contributed by atoms with E-state index in [2.05, 4.69) is 24.1 Å². The Morgan fingerprint density at radius 1 is 1.40 bits per heavy atom. The highest BCUT2D eigenvalue weighted by atomic mass is 16.4. The van der Waals surface area contributed by atoms with E-state index in [9.17, 15) is 4.79 Å². The Bertz CT molecular complexity index is 253. The molecule has 0 aromatic rings. The fraction of sp³-hybridized carbons (Fsp3) is 0.909. The molecule has 0 amide bonds. The molecule has 2 aliphatic heterocycles. The van der Waals surface area contributed by atoms with Gasteiger partial charge < -0.3 is 10.4 Å². The molecule has 15 heavy (non-hydrogen) atoms. The highest BCUT2D eigenvalue weighted by Gasteiger charge is 2.47. The van der Waals surface area contributed by atoms with Crippen molar-refractivity contribution < 1.29 is 9.90 Å². The van der Waals surface area contributed by atoms with Gasteiger partial charge in [-0.05, 0) is 11.8 Å². The van der Waals surface area contributed by atoms with Gasteiger partial charge in [-0.3, -0.25) is 9.69 Å². The number of carboxylic acid groups (broad SMARTS) is 1. The average molecular weight is 212 g/mol. The molecule has 4 nitrogen and oxygen atoms in total. The Kier molecular flexibility index (Phi) is 2.73. The van der Waals surface area contributed by atoms with Crippen LogP contribution in [0.1, 0.15) is 20.3 Å². The van der Waals surface area contributed by atoms with Crippen LogP contribution in [0.2, 0.25) is 0 Å². The number of hydrogen-bond acceptors (Lipinski definition) is 3. The van der Waals surface area contributed by atoms with Gasteiger partial charge in [0.15, 0.2) is 0 Å². The third kappa shape index (κ3) is 1.88. The maximum atomic E-state index is 10.9. The minimum Gasteiger partial charge on any atom is -0.481 e. The Labute approximate surface area is 90.6 Å². The molecule has 0 aromatic carbocycles. The van der Waals surface area contributed by atoms with E-state index in [0.29, 0.717) is 11.8 Å². The largest absolute Gasteiger partial charge is 0.481 e.